The largest absolute Gasteiger partial charge is 0.203 e. The molecule has 0 heterocycles. The maximum atomic E-state index is 14.8. The third-order valence-electron chi connectivity index (χ3n) is 6.04. The fraction of sp³-hybridized carbons (Fsp3) is 0.500. The van der Waals surface area contributed by atoms with Gasteiger partial charge >= 0.3 is 0 Å². The summed E-state index contributed by atoms with van der Waals surface area (Å²) >= 11 is 0. The van der Waals surface area contributed by atoms with Gasteiger partial charge in [0.15, 0.2) is 11.6 Å². The molecule has 1 aliphatic carbocycles. The van der Waals surface area contributed by atoms with Crippen LogP contribution in [0.1, 0.15) is 75.8 Å². The lowest BCUT2D eigenvalue weighted by atomic mass is 9.76. The molecule has 0 nitrogen and oxygen atoms in total. The van der Waals surface area contributed by atoms with Gasteiger partial charge in [0, 0.05) is 5.56 Å². The van der Waals surface area contributed by atoms with E-state index in [1.54, 1.807) is 6.07 Å². The lowest BCUT2D eigenvalue weighted by molar-refractivity contribution is 0.299. The number of aryl methyl sites for hydroxylation is 1. The van der Waals surface area contributed by atoms with Crippen LogP contribution in [0.5, 0.6) is 0 Å². The number of halogens is 2. The highest BCUT2D eigenvalue weighted by molar-refractivity contribution is 5.65. The molecule has 0 spiro atoms. The number of benzene rings is 2. The van der Waals surface area contributed by atoms with E-state index >= 15 is 0 Å². The SMILES string of the molecule is CCCCC1CCC(c2ccc(-c3ccc(CC)cc3)c(F)c2F)CC1. The van der Waals surface area contributed by atoms with Crippen molar-refractivity contribution in [3.8, 4) is 11.1 Å². The van der Waals surface area contributed by atoms with E-state index in [2.05, 4.69) is 13.8 Å². The molecule has 3 rings (SSSR count). The summed E-state index contributed by atoms with van der Waals surface area (Å²) in [4.78, 5) is 0. The number of hydrogen-bond acceptors (Lipinski definition) is 0. The second kappa shape index (κ2) is 8.79. The van der Waals surface area contributed by atoms with E-state index in [0.29, 0.717) is 11.1 Å². The van der Waals surface area contributed by atoms with Crippen LogP contribution in [-0.4, -0.2) is 0 Å². The zero-order valence-corrected chi connectivity index (χ0v) is 16.0. The van der Waals surface area contributed by atoms with E-state index in [1.807, 2.05) is 30.3 Å². The average molecular weight is 357 g/mol. The van der Waals surface area contributed by atoms with E-state index in [1.165, 1.54) is 24.8 Å². The summed E-state index contributed by atoms with van der Waals surface area (Å²) in [6.45, 7) is 4.31. The Morgan fingerprint density at radius 1 is 0.846 bits per heavy atom. The zero-order valence-electron chi connectivity index (χ0n) is 16.0. The highest BCUT2D eigenvalue weighted by atomic mass is 19.2. The quantitative estimate of drug-likeness (QED) is 0.498. The van der Waals surface area contributed by atoms with Crippen LogP contribution < -0.4 is 0 Å². The summed E-state index contributed by atoms with van der Waals surface area (Å²) in [5.74, 6) is -0.395. The van der Waals surface area contributed by atoms with Gasteiger partial charge < -0.3 is 0 Å². The minimum Gasteiger partial charge on any atom is -0.203 e. The summed E-state index contributed by atoms with van der Waals surface area (Å²) in [5, 5.41) is 0. The molecule has 0 bridgehead atoms. The molecule has 0 N–H and O–H groups in total. The molecule has 1 saturated carbocycles. The molecule has 1 aliphatic rings. The van der Waals surface area contributed by atoms with Crippen LogP contribution in [0, 0.1) is 17.6 Å². The summed E-state index contributed by atoms with van der Waals surface area (Å²) in [5.41, 5.74) is 2.88. The second-order valence-corrected chi connectivity index (χ2v) is 7.74. The summed E-state index contributed by atoms with van der Waals surface area (Å²) in [7, 11) is 0. The third-order valence-corrected chi connectivity index (χ3v) is 6.04. The van der Waals surface area contributed by atoms with Gasteiger partial charge in [0.25, 0.3) is 0 Å². The number of rotatable bonds is 6. The van der Waals surface area contributed by atoms with Crippen molar-refractivity contribution in [2.24, 2.45) is 5.92 Å². The van der Waals surface area contributed by atoms with Gasteiger partial charge in [-0.15, -0.1) is 0 Å². The van der Waals surface area contributed by atoms with Crippen LogP contribution >= 0.6 is 0 Å². The lowest BCUT2D eigenvalue weighted by Crippen LogP contribution is -2.15. The van der Waals surface area contributed by atoms with Gasteiger partial charge in [0.1, 0.15) is 0 Å². The van der Waals surface area contributed by atoms with Gasteiger partial charge in [-0.05, 0) is 60.6 Å². The first kappa shape index (κ1) is 19.1. The molecular weight excluding hydrogens is 326 g/mol. The van der Waals surface area contributed by atoms with Crippen molar-refractivity contribution in [1.29, 1.82) is 0 Å². The Morgan fingerprint density at radius 3 is 2.15 bits per heavy atom. The minimum absolute atomic E-state index is 0.166. The Bertz CT molecular complexity index is 710. The van der Waals surface area contributed by atoms with Gasteiger partial charge in [0.05, 0.1) is 0 Å². The van der Waals surface area contributed by atoms with Crippen LogP contribution in [0.15, 0.2) is 36.4 Å². The molecule has 26 heavy (non-hydrogen) atoms. The monoisotopic (exact) mass is 356 g/mol. The first-order chi connectivity index (χ1) is 12.6. The highest BCUT2D eigenvalue weighted by Gasteiger charge is 2.26. The fourth-order valence-electron chi connectivity index (χ4n) is 4.28. The zero-order chi connectivity index (χ0) is 18.5. The van der Waals surface area contributed by atoms with Gasteiger partial charge in [-0.2, -0.15) is 0 Å². The molecule has 2 heteroatoms. The molecule has 0 unspecified atom stereocenters. The molecule has 2 aromatic rings. The van der Waals surface area contributed by atoms with Gasteiger partial charge in [-0.1, -0.05) is 69.5 Å². The molecule has 0 aliphatic heterocycles. The summed E-state index contributed by atoms with van der Waals surface area (Å²) in [6, 6.07) is 11.3. The van der Waals surface area contributed by atoms with E-state index in [-0.39, 0.29) is 5.92 Å². The third kappa shape index (κ3) is 4.16. The van der Waals surface area contributed by atoms with Crippen molar-refractivity contribution in [2.45, 2.75) is 71.1 Å². The standard InChI is InChI=1S/C24H30F2/c1-3-5-6-18-9-13-20(14-10-18)22-16-15-21(23(25)24(22)26)19-11-7-17(4-2)8-12-19/h7-8,11-12,15-16,18,20H,3-6,9-10,13-14H2,1-2H3. The first-order valence-corrected chi connectivity index (χ1v) is 10.2. The Labute approximate surface area is 156 Å². The maximum absolute atomic E-state index is 14.8. The molecule has 2 aromatic carbocycles. The predicted molar refractivity (Wildman–Crippen MR) is 105 cm³/mol. The van der Waals surface area contributed by atoms with E-state index in [9.17, 15) is 8.78 Å². The molecule has 0 radical (unpaired) electrons. The Morgan fingerprint density at radius 2 is 1.54 bits per heavy atom. The lowest BCUT2D eigenvalue weighted by Gasteiger charge is -2.29. The van der Waals surface area contributed by atoms with E-state index in [0.717, 1.165) is 43.6 Å². The van der Waals surface area contributed by atoms with Crippen LogP contribution in [-0.2, 0) is 6.42 Å². The number of unbranched alkanes of at least 4 members (excludes halogenated alkanes) is 1. The maximum Gasteiger partial charge on any atom is 0.166 e. The van der Waals surface area contributed by atoms with Crippen molar-refractivity contribution in [3.63, 3.8) is 0 Å². The molecule has 0 aromatic heterocycles. The Hall–Kier alpha value is -1.70. The smallest absolute Gasteiger partial charge is 0.166 e. The Balaban J connectivity index is 1.75. The molecule has 140 valence electrons. The van der Waals surface area contributed by atoms with Gasteiger partial charge in [-0.25, -0.2) is 8.78 Å². The Kier molecular flexibility index (Phi) is 6.45. The number of hydrogen-bond donors (Lipinski definition) is 0. The topological polar surface area (TPSA) is 0 Å². The minimum atomic E-state index is -0.695. The fourth-order valence-corrected chi connectivity index (χ4v) is 4.28. The normalized spacial score (nSPS) is 20.3. The van der Waals surface area contributed by atoms with Crippen molar-refractivity contribution in [2.75, 3.05) is 0 Å². The first-order valence-electron chi connectivity index (χ1n) is 10.2. The highest BCUT2D eigenvalue weighted by Crippen LogP contribution is 2.40. The summed E-state index contributed by atoms with van der Waals surface area (Å²) in [6.07, 6.45) is 9.00. The molecule has 0 amide bonds. The van der Waals surface area contributed by atoms with Crippen LogP contribution in [0.25, 0.3) is 11.1 Å². The van der Waals surface area contributed by atoms with Gasteiger partial charge in [-0.3, -0.25) is 0 Å². The molecule has 1 fully saturated rings. The predicted octanol–water partition coefficient (Wildman–Crippen LogP) is 7.66. The van der Waals surface area contributed by atoms with Crippen molar-refractivity contribution in [1.82, 2.24) is 0 Å². The van der Waals surface area contributed by atoms with Crippen LogP contribution in [0.2, 0.25) is 0 Å². The van der Waals surface area contributed by atoms with E-state index < -0.39 is 11.6 Å². The molecule has 0 saturated heterocycles. The van der Waals surface area contributed by atoms with Crippen molar-refractivity contribution >= 4 is 0 Å². The van der Waals surface area contributed by atoms with Gasteiger partial charge in [0.2, 0.25) is 0 Å². The second-order valence-electron chi connectivity index (χ2n) is 7.74. The van der Waals surface area contributed by atoms with Crippen LogP contribution in [0.3, 0.4) is 0 Å². The average Bonchev–Trinajstić information content (AvgIpc) is 2.69. The summed E-state index contributed by atoms with van der Waals surface area (Å²) < 4.78 is 29.6. The van der Waals surface area contributed by atoms with Crippen molar-refractivity contribution in [3.05, 3.63) is 59.2 Å². The van der Waals surface area contributed by atoms with Crippen molar-refractivity contribution < 1.29 is 8.78 Å². The van der Waals surface area contributed by atoms with Crippen LogP contribution in [0.4, 0.5) is 8.78 Å². The van der Waals surface area contributed by atoms with E-state index in [4.69, 9.17) is 0 Å². The molecular formula is C24H30F2. The molecule has 0 atom stereocenters.